The number of hydrogen-bond donors (Lipinski definition) is 1. The van der Waals surface area contributed by atoms with Crippen molar-refractivity contribution >= 4 is 46.8 Å². The molecule has 1 fully saturated rings. The number of amides is 1. The Bertz CT molecular complexity index is 1350. The quantitative estimate of drug-likeness (QED) is 0.295. The summed E-state index contributed by atoms with van der Waals surface area (Å²) >= 11 is 1.28. The normalized spacial score (nSPS) is 16.0. The maximum Gasteiger partial charge on any atom is 0.363 e. The van der Waals surface area contributed by atoms with Crippen molar-refractivity contribution in [2.75, 3.05) is 12.4 Å². The SMILES string of the molecule is COc1cc(/C=C2/N=C(c3ccc(NC(=O)C4CC4)cc3)OC2=O)ccc1OC(=O)c1cccs1. The van der Waals surface area contributed by atoms with Gasteiger partial charge < -0.3 is 19.5 Å². The molecule has 0 atom stereocenters. The number of rotatable bonds is 7. The third kappa shape index (κ3) is 5.15. The topological polar surface area (TPSA) is 103 Å². The minimum atomic E-state index is -0.585. The number of carbonyl (C=O) groups is 3. The van der Waals surface area contributed by atoms with Crippen LogP contribution in [0.25, 0.3) is 6.08 Å². The van der Waals surface area contributed by atoms with E-state index in [1.807, 2.05) is 0 Å². The molecule has 0 saturated heterocycles. The van der Waals surface area contributed by atoms with Gasteiger partial charge >= 0.3 is 11.9 Å². The first-order valence-electron chi connectivity index (χ1n) is 10.9. The number of nitrogens with zero attached hydrogens (tertiary/aromatic N) is 1. The Hall–Kier alpha value is -4.24. The lowest BCUT2D eigenvalue weighted by atomic mass is 10.1. The van der Waals surface area contributed by atoms with Gasteiger partial charge in [0, 0.05) is 17.2 Å². The molecule has 2 aliphatic rings. The molecule has 9 heteroatoms. The summed E-state index contributed by atoms with van der Waals surface area (Å²) in [6.45, 7) is 0. The molecular weight excluding hydrogens is 468 g/mol. The first-order chi connectivity index (χ1) is 17.0. The monoisotopic (exact) mass is 488 g/mol. The molecule has 3 aromatic rings. The molecule has 1 aromatic heterocycles. The van der Waals surface area contributed by atoms with Crippen molar-refractivity contribution in [3.63, 3.8) is 0 Å². The maximum atomic E-state index is 12.4. The van der Waals surface area contributed by atoms with Crippen molar-refractivity contribution in [3.05, 3.63) is 81.7 Å². The van der Waals surface area contributed by atoms with Gasteiger partial charge in [0.2, 0.25) is 11.8 Å². The Labute approximate surface area is 204 Å². The lowest BCUT2D eigenvalue weighted by Crippen LogP contribution is -2.13. The van der Waals surface area contributed by atoms with Gasteiger partial charge in [0.15, 0.2) is 17.2 Å². The number of esters is 2. The van der Waals surface area contributed by atoms with Crippen molar-refractivity contribution in [1.29, 1.82) is 0 Å². The molecule has 1 aliphatic carbocycles. The van der Waals surface area contributed by atoms with E-state index < -0.39 is 11.9 Å². The second-order valence-electron chi connectivity index (χ2n) is 7.95. The summed E-state index contributed by atoms with van der Waals surface area (Å²) in [6.07, 6.45) is 3.42. The number of aliphatic imine (C=N–C) groups is 1. The van der Waals surface area contributed by atoms with E-state index in [0.717, 1.165) is 12.8 Å². The van der Waals surface area contributed by atoms with Gasteiger partial charge in [0.1, 0.15) is 4.88 Å². The highest BCUT2D eigenvalue weighted by Crippen LogP contribution is 2.32. The van der Waals surface area contributed by atoms with E-state index in [1.54, 1.807) is 66.1 Å². The number of carbonyl (C=O) groups excluding carboxylic acids is 3. The third-order valence-electron chi connectivity index (χ3n) is 5.38. The molecule has 0 spiro atoms. The van der Waals surface area contributed by atoms with E-state index in [-0.39, 0.29) is 29.2 Å². The summed E-state index contributed by atoms with van der Waals surface area (Å²) in [4.78, 5) is 41.3. The smallest absolute Gasteiger partial charge is 0.363 e. The molecule has 0 radical (unpaired) electrons. The molecule has 35 heavy (non-hydrogen) atoms. The van der Waals surface area contributed by atoms with Gasteiger partial charge in [-0.2, -0.15) is 0 Å². The fourth-order valence-corrected chi connectivity index (χ4v) is 3.98. The van der Waals surface area contributed by atoms with Crippen LogP contribution >= 0.6 is 11.3 Å². The van der Waals surface area contributed by atoms with Gasteiger partial charge in [-0.05, 0) is 72.3 Å². The van der Waals surface area contributed by atoms with Gasteiger partial charge in [-0.3, -0.25) is 4.79 Å². The highest BCUT2D eigenvalue weighted by atomic mass is 32.1. The molecule has 0 unspecified atom stereocenters. The number of anilines is 1. The molecule has 176 valence electrons. The van der Waals surface area contributed by atoms with Crippen molar-refractivity contribution in [2.24, 2.45) is 10.9 Å². The molecule has 1 aliphatic heterocycles. The third-order valence-corrected chi connectivity index (χ3v) is 6.23. The molecule has 2 aromatic carbocycles. The molecule has 1 N–H and O–H groups in total. The molecule has 1 saturated carbocycles. The minimum Gasteiger partial charge on any atom is -0.493 e. The van der Waals surface area contributed by atoms with E-state index in [1.165, 1.54) is 18.4 Å². The molecule has 2 heterocycles. The molecule has 8 nitrogen and oxygen atoms in total. The van der Waals surface area contributed by atoms with Crippen LogP contribution in [-0.2, 0) is 14.3 Å². The van der Waals surface area contributed by atoms with Crippen LogP contribution in [0, 0.1) is 5.92 Å². The summed E-state index contributed by atoms with van der Waals surface area (Å²) in [7, 11) is 1.46. The van der Waals surface area contributed by atoms with Crippen LogP contribution < -0.4 is 14.8 Å². The molecule has 5 rings (SSSR count). The van der Waals surface area contributed by atoms with E-state index >= 15 is 0 Å². The summed E-state index contributed by atoms with van der Waals surface area (Å²) in [5, 5.41) is 4.66. The number of thiophene rings is 1. The summed E-state index contributed by atoms with van der Waals surface area (Å²) < 4.78 is 16.1. The number of nitrogens with one attached hydrogen (secondary N) is 1. The van der Waals surface area contributed by atoms with Crippen LogP contribution in [0.5, 0.6) is 11.5 Å². The van der Waals surface area contributed by atoms with Crippen LogP contribution in [-0.4, -0.2) is 30.9 Å². The lowest BCUT2D eigenvalue weighted by molar-refractivity contribution is -0.130. The van der Waals surface area contributed by atoms with Crippen molar-refractivity contribution in [2.45, 2.75) is 12.8 Å². The van der Waals surface area contributed by atoms with Crippen LogP contribution in [0.1, 0.15) is 33.6 Å². The first kappa shape index (κ1) is 22.5. The molecule has 1 amide bonds. The van der Waals surface area contributed by atoms with Gasteiger partial charge in [-0.15, -0.1) is 11.3 Å². The number of ether oxygens (including phenoxy) is 3. The zero-order chi connectivity index (χ0) is 24.4. The Morgan fingerprint density at radius 3 is 2.60 bits per heavy atom. The van der Waals surface area contributed by atoms with Crippen LogP contribution in [0.3, 0.4) is 0 Å². The van der Waals surface area contributed by atoms with Gasteiger partial charge in [0.25, 0.3) is 0 Å². The first-order valence-corrected chi connectivity index (χ1v) is 11.8. The van der Waals surface area contributed by atoms with E-state index in [4.69, 9.17) is 14.2 Å². The minimum absolute atomic E-state index is 0.0235. The predicted octanol–water partition coefficient (Wildman–Crippen LogP) is 4.67. The van der Waals surface area contributed by atoms with Crippen molar-refractivity contribution in [3.8, 4) is 11.5 Å². The predicted molar refractivity (Wildman–Crippen MR) is 131 cm³/mol. The van der Waals surface area contributed by atoms with E-state index in [9.17, 15) is 14.4 Å². The van der Waals surface area contributed by atoms with Crippen LogP contribution in [0.15, 0.2) is 70.7 Å². The Morgan fingerprint density at radius 2 is 1.91 bits per heavy atom. The molecular formula is C26H20N2O6S. The Balaban J connectivity index is 1.31. The van der Waals surface area contributed by atoms with Gasteiger partial charge in [-0.1, -0.05) is 12.1 Å². The summed E-state index contributed by atoms with van der Waals surface area (Å²) in [5.41, 5.74) is 2.03. The zero-order valence-electron chi connectivity index (χ0n) is 18.6. The van der Waals surface area contributed by atoms with Crippen LogP contribution in [0.2, 0.25) is 0 Å². The zero-order valence-corrected chi connectivity index (χ0v) is 19.5. The highest BCUT2D eigenvalue weighted by molar-refractivity contribution is 7.12. The summed E-state index contributed by atoms with van der Waals surface area (Å²) in [6, 6.07) is 15.3. The molecule has 0 bridgehead atoms. The Morgan fingerprint density at radius 1 is 1.11 bits per heavy atom. The Kier molecular flexibility index (Phi) is 6.15. The van der Waals surface area contributed by atoms with Crippen molar-refractivity contribution < 1.29 is 28.6 Å². The summed E-state index contributed by atoms with van der Waals surface area (Å²) in [5.74, 6) is -0.147. The van der Waals surface area contributed by atoms with E-state index in [0.29, 0.717) is 27.4 Å². The maximum absolute atomic E-state index is 12.4. The average Bonchev–Trinajstić information content (AvgIpc) is 3.45. The fraction of sp³-hybridized carbons (Fsp3) is 0.154. The standard InChI is InChI=1S/C26H20N2O6S/c1-32-21-14-15(4-11-20(21)33-26(31)22-3-2-12-35-22)13-19-25(30)34-24(28-19)17-7-9-18(10-8-17)27-23(29)16-5-6-16/h2-4,7-14,16H,5-6H2,1H3,(H,27,29)/b19-13+. The number of hydrogen-bond acceptors (Lipinski definition) is 8. The van der Waals surface area contributed by atoms with Gasteiger partial charge in [-0.25, -0.2) is 14.6 Å². The number of methoxy groups -OCH3 is 1. The highest BCUT2D eigenvalue weighted by Gasteiger charge is 2.29. The lowest BCUT2D eigenvalue weighted by Gasteiger charge is -2.09. The fourth-order valence-electron chi connectivity index (χ4n) is 3.38. The number of benzene rings is 2. The average molecular weight is 489 g/mol. The van der Waals surface area contributed by atoms with Crippen molar-refractivity contribution in [1.82, 2.24) is 0 Å². The van der Waals surface area contributed by atoms with Crippen LogP contribution in [0.4, 0.5) is 5.69 Å². The number of cyclic esters (lactones) is 1. The second-order valence-corrected chi connectivity index (χ2v) is 8.90. The van der Waals surface area contributed by atoms with E-state index in [2.05, 4.69) is 10.3 Å². The van der Waals surface area contributed by atoms with Gasteiger partial charge in [0.05, 0.1) is 7.11 Å². The largest absolute Gasteiger partial charge is 0.493 e. The second kappa shape index (κ2) is 9.55.